The van der Waals surface area contributed by atoms with Gasteiger partial charge in [-0.2, -0.15) is 0 Å². The molecule has 3 aromatic carbocycles. The Hall–Kier alpha value is -3.60. The van der Waals surface area contributed by atoms with Crippen LogP contribution in [0, 0.1) is 0 Å². The third kappa shape index (κ3) is 4.94. The van der Waals surface area contributed by atoms with Gasteiger partial charge in [0, 0.05) is 12.6 Å². The number of carbonyl (C=O) groups is 1. The van der Waals surface area contributed by atoms with Crippen molar-refractivity contribution in [1.29, 1.82) is 0 Å². The molecule has 0 saturated carbocycles. The van der Waals surface area contributed by atoms with Crippen LogP contribution in [0.3, 0.4) is 0 Å². The zero-order valence-corrected chi connectivity index (χ0v) is 17.9. The van der Waals surface area contributed by atoms with Crippen LogP contribution in [0.15, 0.2) is 84.9 Å². The largest absolute Gasteiger partial charge is 0.486 e. The normalized spacial score (nSPS) is 11.1. The molecule has 0 atom stereocenters. The average Bonchev–Trinajstić information content (AvgIpc) is 3.14. The Kier molecular flexibility index (Phi) is 6.32. The fourth-order valence-electron chi connectivity index (χ4n) is 3.64. The van der Waals surface area contributed by atoms with Crippen LogP contribution in [0.25, 0.3) is 11.0 Å². The lowest BCUT2D eigenvalue weighted by Gasteiger charge is -2.27. The third-order valence-electron chi connectivity index (χ3n) is 5.28. The van der Waals surface area contributed by atoms with Crippen molar-refractivity contribution in [1.82, 2.24) is 14.5 Å². The maximum atomic E-state index is 13.4. The fraction of sp³-hybridized carbons (Fsp3) is 0.231. The van der Waals surface area contributed by atoms with E-state index in [1.165, 1.54) is 0 Å². The predicted octanol–water partition coefficient (Wildman–Crippen LogP) is 5.05. The molecule has 5 heteroatoms. The summed E-state index contributed by atoms with van der Waals surface area (Å²) in [6.07, 6.45) is 0. The monoisotopic (exact) mass is 413 g/mol. The smallest absolute Gasteiger partial charge is 0.243 e. The Morgan fingerprint density at radius 3 is 2.29 bits per heavy atom. The first-order chi connectivity index (χ1) is 15.1. The molecule has 4 rings (SSSR count). The molecule has 31 heavy (non-hydrogen) atoms. The molecular formula is C26H27N3O2. The lowest BCUT2D eigenvalue weighted by Crippen LogP contribution is -2.38. The van der Waals surface area contributed by atoms with Gasteiger partial charge in [0.15, 0.2) is 0 Å². The molecule has 0 aliphatic rings. The van der Waals surface area contributed by atoms with Crippen molar-refractivity contribution in [3.8, 4) is 5.75 Å². The van der Waals surface area contributed by atoms with E-state index in [1.54, 1.807) is 0 Å². The SMILES string of the molecule is CC(C)N(Cc1ccccc1)C(=O)Cn1c(COc2ccccc2)nc2ccccc21. The lowest BCUT2D eigenvalue weighted by atomic mass is 10.2. The molecule has 0 unspecified atom stereocenters. The highest BCUT2D eigenvalue weighted by Crippen LogP contribution is 2.19. The first-order valence-electron chi connectivity index (χ1n) is 10.6. The van der Waals surface area contributed by atoms with Crippen LogP contribution >= 0.6 is 0 Å². The Morgan fingerprint density at radius 1 is 0.935 bits per heavy atom. The minimum Gasteiger partial charge on any atom is -0.486 e. The number of rotatable bonds is 8. The molecule has 5 nitrogen and oxygen atoms in total. The van der Waals surface area contributed by atoms with Crippen molar-refractivity contribution in [2.24, 2.45) is 0 Å². The molecule has 1 amide bonds. The summed E-state index contributed by atoms with van der Waals surface area (Å²) >= 11 is 0. The van der Waals surface area contributed by atoms with Crippen LogP contribution in [0.4, 0.5) is 0 Å². The van der Waals surface area contributed by atoms with E-state index in [2.05, 4.69) is 12.1 Å². The molecule has 0 spiro atoms. The van der Waals surface area contributed by atoms with Gasteiger partial charge in [-0.05, 0) is 43.7 Å². The Labute approximate surface area is 182 Å². The van der Waals surface area contributed by atoms with E-state index in [9.17, 15) is 4.79 Å². The van der Waals surface area contributed by atoms with Crippen molar-refractivity contribution >= 4 is 16.9 Å². The zero-order valence-electron chi connectivity index (χ0n) is 17.9. The van der Waals surface area contributed by atoms with Crippen molar-refractivity contribution in [3.63, 3.8) is 0 Å². The highest BCUT2D eigenvalue weighted by molar-refractivity contribution is 5.81. The van der Waals surface area contributed by atoms with E-state index < -0.39 is 0 Å². The summed E-state index contributed by atoms with van der Waals surface area (Å²) in [5, 5.41) is 0. The molecule has 1 aromatic heterocycles. The molecule has 0 saturated heterocycles. The van der Waals surface area contributed by atoms with Crippen molar-refractivity contribution in [2.75, 3.05) is 0 Å². The van der Waals surface area contributed by atoms with E-state index in [1.807, 2.05) is 96.1 Å². The topological polar surface area (TPSA) is 47.4 Å². The van der Waals surface area contributed by atoms with Gasteiger partial charge in [-0.25, -0.2) is 4.98 Å². The highest BCUT2D eigenvalue weighted by atomic mass is 16.5. The van der Waals surface area contributed by atoms with Crippen LogP contribution in [0.1, 0.15) is 25.2 Å². The average molecular weight is 414 g/mol. The molecule has 0 aliphatic carbocycles. The van der Waals surface area contributed by atoms with Crippen LogP contribution in [0.2, 0.25) is 0 Å². The number of hydrogen-bond acceptors (Lipinski definition) is 3. The van der Waals surface area contributed by atoms with Gasteiger partial charge >= 0.3 is 0 Å². The summed E-state index contributed by atoms with van der Waals surface area (Å²) in [7, 11) is 0. The van der Waals surface area contributed by atoms with E-state index >= 15 is 0 Å². The van der Waals surface area contributed by atoms with E-state index in [4.69, 9.17) is 9.72 Å². The molecule has 0 radical (unpaired) electrons. The zero-order chi connectivity index (χ0) is 21.6. The van der Waals surface area contributed by atoms with Gasteiger partial charge in [-0.3, -0.25) is 4.79 Å². The van der Waals surface area contributed by atoms with Crippen molar-refractivity contribution < 1.29 is 9.53 Å². The quantitative estimate of drug-likeness (QED) is 0.406. The van der Waals surface area contributed by atoms with Gasteiger partial charge in [0.2, 0.25) is 5.91 Å². The number of carbonyl (C=O) groups excluding carboxylic acids is 1. The number of hydrogen-bond donors (Lipinski definition) is 0. The summed E-state index contributed by atoms with van der Waals surface area (Å²) in [6.45, 7) is 5.20. The number of ether oxygens (including phenoxy) is 1. The van der Waals surface area contributed by atoms with Crippen LogP contribution in [0.5, 0.6) is 5.75 Å². The molecule has 0 bridgehead atoms. The minimum atomic E-state index is 0.0583. The third-order valence-corrected chi connectivity index (χ3v) is 5.28. The van der Waals surface area contributed by atoms with Gasteiger partial charge in [0.1, 0.15) is 24.7 Å². The van der Waals surface area contributed by atoms with E-state index in [-0.39, 0.29) is 18.5 Å². The van der Waals surface area contributed by atoms with Crippen LogP contribution in [-0.4, -0.2) is 26.4 Å². The van der Waals surface area contributed by atoms with Gasteiger partial charge in [0.05, 0.1) is 11.0 Å². The first kappa shape index (κ1) is 20.7. The number of imidazole rings is 1. The molecular weight excluding hydrogens is 386 g/mol. The fourth-order valence-corrected chi connectivity index (χ4v) is 3.64. The second kappa shape index (κ2) is 9.47. The molecule has 0 fully saturated rings. The molecule has 158 valence electrons. The molecule has 1 heterocycles. The summed E-state index contributed by atoms with van der Waals surface area (Å²) in [4.78, 5) is 20.0. The standard InChI is InChI=1S/C26H27N3O2/c1-20(2)28(17-21-11-5-3-6-12-21)26(30)18-29-24-16-10-9-15-23(24)27-25(29)19-31-22-13-7-4-8-14-22/h3-16,20H,17-19H2,1-2H3. The summed E-state index contributed by atoms with van der Waals surface area (Å²) in [6, 6.07) is 27.7. The number of benzene rings is 3. The summed E-state index contributed by atoms with van der Waals surface area (Å²) < 4.78 is 7.91. The molecule has 0 aliphatic heterocycles. The summed E-state index contributed by atoms with van der Waals surface area (Å²) in [5.74, 6) is 1.57. The maximum absolute atomic E-state index is 13.4. The van der Waals surface area contributed by atoms with Gasteiger partial charge in [0.25, 0.3) is 0 Å². The Balaban J connectivity index is 1.59. The highest BCUT2D eigenvalue weighted by Gasteiger charge is 2.21. The Morgan fingerprint density at radius 2 is 1.58 bits per heavy atom. The van der Waals surface area contributed by atoms with Gasteiger partial charge in [-0.15, -0.1) is 0 Å². The number of fused-ring (bicyclic) bond motifs is 1. The number of nitrogens with zero attached hydrogens (tertiary/aromatic N) is 3. The second-order valence-electron chi connectivity index (χ2n) is 7.81. The number of aromatic nitrogens is 2. The van der Waals surface area contributed by atoms with E-state index in [0.29, 0.717) is 13.2 Å². The number of para-hydroxylation sites is 3. The van der Waals surface area contributed by atoms with Crippen LogP contribution in [-0.2, 0) is 24.5 Å². The maximum Gasteiger partial charge on any atom is 0.243 e. The van der Waals surface area contributed by atoms with Crippen molar-refractivity contribution in [3.05, 3.63) is 96.3 Å². The Bertz CT molecular complexity index is 1140. The summed E-state index contributed by atoms with van der Waals surface area (Å²) in [5.41, 5.74) is 2.92. The molecule has 0 N–H and O–H groups in total. The number of amides is 1. The first-order valence-corrected chi connectivity index (χ1v) is 10.6. The van der Waals surface area contributed by atoms with Gasteiger partial charge in [-0.1, -0.05) is 60.7 Å². The lowest BCUT2D eigenvalue weighted by molar-refractivity contribution is -0.134. The minimum absolute atomic E-state index is 0.0583. The van der Waals surface area contributed by atoms with E-state index in [0.717, 1.165) is 28.2 Å². The molecule has 4 aromatic rings. The predicted molar refractivity (Wildman–Crippen MR) is 123 cm³/mol. The van der Waals surface area contributed by atoms with Crippen LogP contribution < -0.4 is 4.74 Å². The van der Waals surface area contributed by atoms with Crippen molar-refractivity contribution in [2.45, 2.75) is 39.6 Å². The second-order valence-corrected chi connectivity index (χ2v) is 7.81. The van der Waals surface area contributed by atoms with Gasteiger partial charge < -0.3 is 14.2 Å².